The van der Waals surface area contributed by atoms with Gasteiger partial charge in [0.15, 0.2) is 5.58 Å². The van der Waals surface area contributed by atoms with E-state index in [2.05, 4.69) is 22.4 Å². The van der Waals surface area contributed by atoms with Crippen LogP contribution >= 0.6 is 11.8 Å². The fourth-order valence-corrected chi connectivity index (χ4v) is 4.28. The molecule has 0 saturated heterocycles. The number of hydrogen-bond donors (Lipinski definition) is 1. The van der Waals surface area contributed by atoms with Crippen molar-refractivity contribution in [3.8, 4) is 0 Å². The first-order chi connectivity index (χ1) is 13.6. The van der Waals surface area contributed by atoms with Crippen LogP contribution < -0.4 is 5.32 Å². The summed E-state index contributed by atoms with van der Waals surface area (Å²) in [4.78, 5) is 12.9. The van der Waals surface area contributed by atoms with Crippen LogP contribution in [0.3, 0.4) is 0 Å². The van der Waals surface area contributed by atoms with Gasteiger partial charge in [-0.15, -0.1) is 10.2 Å². The summed E-state index contributed by atoms with van der Waals surface area (Å²) in [6.07, 6.45) is 3.23. The van der Waals surface area contributed by atoms with Crippen LogP contribution in [0.5, 0.6) is 0 Å². The topological polar surface area (TPSA) is 72.4 Å². The highest BCUT2D eigenvalue weighted by Crippen LogP contribution is 2.32. The van der Waals surface area contributed by atoms with E-state index in [9.17, 15) is 4.79 Å². The summed E-state index contributed by atoms with van der Waals surface area (Å²) in [6, 6.07) is 11.8. The van der Waals surface area contributed by atoms with E-state index in [1.54, 1.807) is 6.33 Å². The summed E-state index contributed by atoms with van der Waals surface area (Å²) in [5, 5.41) is 11.9. The number of benzene rings is 1. The minimum atomic E-state index is -0.270. The summed E-state index contributed by atoms with van der Waals surface area (Å²) >= 11 is 1.43. The van der Waals surface area contributed by atoms with E-state index in [0.717, 1.165) is 45.1 Å². The van der Waals surface area contributed by atoms with Gasteiger partial charge in [0, 0.05) is 17.8 Å². The highest BCUT2D eigenvalue weighted by molar-refractivity contribution is 8.00. The number of carbonyl (C=O) groups excluding carboxylic acids is 1. The van der Waals surface area contributed by atoms with Crippen LogP contribution in [0.2, 0.25) is 0 Å². The van der Waals surface area contributed by atoms with Gasteiger partial charge < -0.3 is 9.73 Å². The Morgan fingerprint density at radius 1 is 1.25 bits per heavy atom. The average Bonchev–Trinajstić information content (AvgIpc) is 3.23. The Kier molecular flexibility index (Phi) is 5.09. The quantitative estimate of drug-likeness (QED) is 0.473. The molecule has 1 aromatic carbocycles. The molecule has 1 unspecified atom stereocenters. The summed E-state index contributed by atoms with van der Waals surface area (Å²) in [7, 11) is 0. The number of aromatic nitrogens is 3. The molecule has 144 valence electrons. The lowest BCUT2D eigenvalue weighted by Gasteiger charge is -2.16. The lowest BCUT2D eigenvalue weighted by atomic mass is 10.1. The number of furan rings is 1. The van der Waals surface area contributed by atoms with Gasteiger partial charge in [0.25, 0.3) is 0 Å². The fourth-order valence-electron chi connectivity index (χ4n) is 3.31. The SMILES string of the molecule is CCc1ccccc1NC(=O)C(CC)Sc1nncn2c1cc1oc(C)cc12. The molecular weight excluding hydrogens is 372 g/mol. The monoisotopic (exact) mass is 394 g/mol. The van der Waals surface area contributed by atoms with Crippen LogP contribution in [0.15, 0.2) is 52.2 Å². The Hall–Kier alpha value is -2.80. The molecule has 1 N–H and O–H groups in total. The van der Waals surface area contributed by atoms with Crippen LogP contribution in [0.25, 0.3) is 16.6 Å². The molecule has 0 aliphatic heterocycles. The second kappa shape index (κ2) is 7.67. The van der Waals surface area contributed by atoms with Crippen LogP contribution in [0.1, 0.15) is 31.6 Å². The third-order valence-corrected chi connectivity index (χ3v) is 6.10. The van der Waals surface area contributed by atoms with E-state index in [4.69, 9.17) is 4.42 Å². The number of aryl methyl sites for hydroxylation is 2. The Bertz CT molecular complexity index is 1150. The number of amides is 1. The van der Waals surface area contributed by atoms with E-state index in [1.165, 1.54) is 11.8 Å². The predicted octanol–water partition coefficient (Wildman–Crippen LogP) is 4.86. The van der Waals surface area contributed by atoms with Crippen molar-refractivity contribution in [2.24, 2.45) is 0 Å². The summed E-state index contributed by atoms with van der Waals surface area (Å²) in [5.41, 5.74) is 4.64. The van der Waals surface area contributed by atoms with Gasteiger partial charge >= 0.3 is 0 Å². The van der Waals surface area contributed by atoms with Gasteiger partial charge in [-0.05, 0) is 31.4 Å². The maximum absolute atomic E-state index is 12.9. The van der Waals surface area contributed by atoms with Crippen LogP contribution in [-0.2, 0) is 11.2 Å². The van der Waals surface area contributed by atoms with Gasteiger partial charge in [-0.3, -0.25) is 9.20 Å². The molecule has 3 aromatic heterocycles. The molecule has 0 spiro atoms. The van der Waals surface area contributed by atoms with Gasteiger partial charge in [0.05, 0.1) is 16.3 Å². The molecule has 4 aromatic rings. The van der Waals surface area contributed by atoms with Gasteiger partial charge in [-0.25, -0.2) is 0 Å². The van der Waals surface area contributed by atoms with Crippen molar-refractivity contribution >= 4 is 40.0 Å². The van der Waals surface area contributed by atoms with Crippen molar-refractivity contribution in [3.63, 3.8) is 0 Å². The molecule has 0 fully saturated rings. The molecule has 0 saturated carbocycles. The Morgan fingerprint density at radius 2 is 2.07 bits per heavy atom. The number of rotatable bonds is 6. The maximum Gasteiger partial charge on any atom is 0.237 e. The molecule has 0 radical (unpaired) electrons. The number of anilines is 1. The van der Waals surface area contributed by atoms with Crippen LogP contribution in [0.4, 0.5) is 5.69 Å². The van der Waals surface area contributed by atoms with E-state index in [1.807, 2.05) is 54.6 Å². The van der Waals surface area contributed by atoms with Gasteiger partial charge in [0.2, 0.25) is 5.91 Å². The number of thioether (sulfide) groups is 1. The number of nitrogens with zero attached hydrogens (tertiary/aromatic N) is 3. The lowest BCUT2D eigenvalue weighted by Crippen LogP contribution is -2.25. The molecule has 7 heteroatoms. The zero-order valence-electron chi connectivity index (χ0n) is 16.1. The molecule has 4 rings (SSSR count). The molecule has 0 bridgehead atoms. The Balaban J connectivity index is 1.61. The molecular formula is C21H22N4O2S. The van der Waals surface area contributed by atoms with Crippen molar-refractivity contribution in [1.82, 2.24) is 14.6 Å². The number of nitrogens with one attached hydrogen (secondary N) is 1. The lowest BCUT2D eigenvalue weighted by molar-refractivity contribution is -0.115. The third-order valence-electron chi connectivity index (χ3n) is 4.76. The van der Waals surface area contributed by atoms with E-state index < -0.39 is 0 Å². The molecule has 1 atom stereocenters. The highest BCUT2D eigenvalue weighted by atomic mass is 32.2. The number of carbonyl (C=O) groups is 1. The number of hydrogen-bond acceptors (Lipinski definition) is 5. The third kappa shape index (κ3) is 3.38. The molecule has 0 aliphatic carbocycles. The first-order valence-corrected chi connectivity index (χ1v) is 10.3. The number of fused-ring (bicyclic) bond motifs is 3. The van der Waals surface area contributed by atoms with Crippen molar-refractivity contribution in [2.45, 2.75) is 43.9 Å². The van der Waals surface area contributed by atoms with E-state index >= 15 is 0 Å². The van der Waals surface area contributed by atoms with Crippen molar-refractivity contribution in [3.05, 3.63) is 54.0 Å². The van der Waals surface area contributed by atoms with Crippen molar-refractivity contribution < 1.29 is 9.21 Å². The maximum atomic E-state index is 12.9. The summed E-state index contributed by atoms with van der Waals surface area (Å²) in [6.45, 7) is 6.00. The smallest absolute Gasteiger partial charge is 0.237 e. The normalized spacial score (nSPS) is 12.5. The van der Waals surface area contributed by atoms with Crippen LogP contribution in [-0.4, -0.2) is 25.8 Å². The van der Waals surface area contributed by atoms with Gasteiger partial charge in [0.1, 0.15) is 17.1 Å². The van der Waals surface area contributed by atoms with E-state index in [0.29, 0.717) is 6.42 Å². The zero-order chi connectivity index (χ0) is 19.7. The Morgan fingerprint density at radius 3 is 2.86 bits per heavy atom. The van der Waals surface area contributed by atoms with Gasteiger partial charge in [-0.2, -0.15) is 0 Å². The first kappa shape index (κ1) is 18.6. The number of para-hydroxylation sites is 1. The van der Waals surface area contributed by atoms with Crippen molar-refractivity contribution in [2.75, 3.05) is 5.32 Å². The minimum absolute atomic E-state index is 0.0247. The van der Waals surface area contributed by atoms with Crippen LogP contribution in [0, 0.1) is 6.92 Å². The Labute approximate surface area is 167 Å². The molecule has 1 amide bonds. The predicted molar refractivity (Wildman–Crippen MR) is 112 cm³/mol. The standard InChI is InChI=1S/C21H22N4O2S/c1-4-14-8-6-7-9-15(14)23-20(26)19(5-2)28-21-17-11-18-16(10-13(3)27-18)25(17)12-22-24-21/h6-12,19H,4-5H2,1-3H3,(H,23,26). The second-order valence-electron chi connectivity index (χ2n) is 6.66. The molecule has 6 nitrogen and oxygen atoms in total. The van der Waals surface area contributed by atoms with Gasteiger partial charge in [-0.1, -0.05) is 43.8 Å². The average molecular weight is 395 g/mol. The van der Waals surface area contributed by atoms with Crippen molar-refractivity contribution in [1.29, 1.82) is 0 Å². The first-order valence-electron chi connectivity index (χ1n) is 9.39. The fraction of sp³-hybridized carbons (Fsp3) is 0.286. The molecule has 28 heavy (non-hydrogen) atoms. The highest BCUT2D eigenvalue weighted by Gasteiger charge is 2.22. The molecule has 3 heterocycles. The minimum Gasteiger partial charge on any atom is -0.460 e. The summed E-state index contributed by atoms with van der Waals surface area (Å²) < 4.78 is 7.68. The molecule has 0 aliphatic rings. The summed E-state index contributed by atoms with van der Waals surface area (Å²) in [5.74, 6) is 0.828. The van der Waals surface area contributed by atoms with E-state index in [-0.39, 0.29) is 11.2 Å². The largest absolute Gasteiger partial charge is 0.460 e. The second-order valence-corrected chi connectivity index (χ2v) is 7.85. The zero-order valence-corrected chi connectivity index (χ0v) is 16.9.